The Bertz CT molecular complexity index is 672. The number of nitrogens with zero attached hydrogens (tertiary/aromatic N) is 1. The lowest BCUT2D eigenvalue weighted by molar-refractivity contribution is -0.159. The van der Waals surface area contributed by atoms with Gasteiger partial charge in [0, 0.05) is 12.1 Å². The lowest BCUT2D eigenvalue weighted by Gasteiger charge is -2.42. The van der Waals surface area contributed by atoms with Crippen molar-refractivity contribution in [3.05, 3.63) is 71.8 Å². The highest BCUT2D eigenvalue weighted by molar-refractivity contribution is 5.76. The Labute approximate surface area is 169 Å². The predicted molar refractivity (Wildman–Crippen MR) is 113 cm³/mol. The Morgan fingerprint density at radius 2 is 1.32 bits per heavy atom. The molecule has 1 N–H and O–H groups in total. The van der Waals surface area contributed by atoms with E-state index in [0.29, 0.717) is 0 Å². The molecular weight excluding hydrogens is 350 g/mol. The smallest absolute Gasteiger partial charge is 0.326 e. The average molecular weight is 384 g/mol. The van der Waals surface area contributed by atoms with Crippen molar-refractivity contribution in [3.8, 4) is 0 Å². The number of esters is 1. The molecule has 0 heterocycles. The molecule has 0 saturated carbocycles. The fourth-order valence-corrected chi connectivity index (χ4v) is 3.65. The van der Waals surface area contributed by atoms with E-state index in [0.717, 1.165) is 11.1 Å². The van der Waals surface area contributed by atoms with E-state index in [1.165, 1.54) is 0 Å². The topological polar surface area (TPSA) is 49.8 Å². The minimum atomic E-state index is -0.837. The molecule has 0 aliphatic rings. The maximum absolute atomic E-state index is 13.0. The highest BCUT2D eigenvalue weighted by atomic mass is 16.5. The second kappa shape index (κ2) is 10.4. The zero-order valence-corrected chi connectivity index (χ0v) is 17.6. The number of ether oxygens (including phenoxy) is 1. The molecule has 0 bridgehead atoms. The summed E-state index contributed by atoms with van der Waals surface area (Å²) in [7, 11) is 0. The highest BCUT2D eigenvalue weighted by Gasteiger charge is 2.41. The van der Waals surface area contributed by atoms with E-state index in [-0.39, 0.29) is 30.6 Å². The largest absolute Gasteiger partial charge is 0.465 e. The molecule has 152 valence electrons. The minimum absolute atomic E-state index is 0.0807. The molecule has 4 heteroatoms. The zero-order chi connectivity index (χ0) is 20.7. The first kappa shape index (κ1) is 22.1. The Morgan fingerprint density at radius 3 is 1.68 bits per heavy atom. The van der Waals surface area contributed by atoms with Gasteiger partial charge in [0.15, 0.2) is 0 Å². The Hall–Kier alpha value is -2.17. The molecule has 0 unspecified atom stereocenters. The normalized spacial score (nSPS) is 15.9. The summed E-state index contributed by atoms with van der Waals surface area (Å²) in [6, 6.07) is 19.2. The van der Waals surface area contributed by atoms with Crippen molar-refractivity contribution in [1.82, 2.24) is 4.90 Å². The van der Waals surface area contributed by atoms with Crippen LogP contribution in [0.2, 0.25) is 0 Å². The van der Waals surface area contributed by atoms with Crippen LogP contribution in [-0.4, -0.2) is 34.7 Å². The van der Waals surface area contributed by atoms with Gasteiger partial charge in [0.1, 0.15) is 6.04 Å². The molecule has 0 aromatic heterocycles. The summed E-state index contributed by atoms with van der Waals surface area (Å²) in [5.41, 5.74) is 2.19. The maximum Gasteiger partial charge on any atom is 0.326 e. The second-order valence-electron chi connectivity index (χ2n) is 7.55. The Balaban J connectivity index is 2.54. The number of carbonyl (C=O) groups excluding carboxylic acids is 1. The quantitative estimate of drug-likeness (QED) is 0.634. The standard InChI is InChI=1S/C24H33NO3/c1-6-28-24(27)22(23(26)17(2)3)25(18(4)20-13-9-7-10-14-20)19(5)21-15-11-8-12-16-21/h7-19,22-23,26H,6H2,1-5H3/t18-,19-,22+,23+/m1/s1. The third-order valence-electron chi connectivity index (χ3n) is 5.31. The van der Waals surface area contributed by atoms with Crippen molar-refractivity contribution in [1.29, 1.82) is 0 Å². The summed E-state index contributed by atoms with van der Waals surface area (Å²) >= 11 is 0. The average Bonchev–Trinajstić information content (AvgIpc) is 2.71. The van der Waals surface area contributed by atoms with Crippen molar-refractivity contribution >= 4 is 5.97 Å². The van der Waals surface area contributed by atoms with E-state index in [4.69, 9.17) is 4.74 Å². The van der Waals surface area contributed by atoms with Crippen LogP contribution >= 0.6 is 0 Å². The molecule has 28 heavy (non-hydrogen) atoms. The molecule has 4 atom stereocenters. The van der Waals surface area contributed by atoms with E-state index in [9.17, 15) is 9.90 Å². The van der Waals surface area contributed by atoms with Gasteiger partial charge in [0.05, 0.1) is 12.7 Å². The van der Waals surface area contributed by atoms with Gasteiger partial charge in [0.2, 0.25) is 0 Å². The van der Waals surface area contributed by atoms with Gasteiger partial charge in [-0.3, -0.25) is 9.69 Å². The molecule has 0 spiro atoms. The fourth-order valence-electron chi connectivity index (χ4n) is 3.65. The van der Waals surface area contributed by atoms with Crippen molar-refractivity contribution in [2.24, 2.45) is 5.92 Å². The lowest BCUT2D eigenvalue weighted by atomic mass is 9.92. The van der Waals surface area contributed by atoms with Crippen molar-refractivity contribution in [3.63, 3.8) is 0 Å². The summed E-state index contributed by atoms with van der Waals surface area (Å²) in [5, 5.41) is 11.0. The van der Waals surface area contributed by atoms with Gasteiger partial charge in [-0.2, -0.15) is 0 Å². The van der Waals surface area contributed by atoms with Gasteiger partial charge < -0.3 is 9.84 Å². The summed E-state index contributed by atoms with van der Waals surface area (Å²) in [6.45, 7) is 10.1. The van der Waals surface area contributed by atoms with Crippen LogP contribution in [-0.2, 0) is 9.53 Å². The van der Waals surface area contributed by atoms with Crippen molar-refractivity contribution < 1.29 is 14.6 Å². The molecule has 0 aliphatic heterocycles. The molecular formula is C24H33NO3. The maximum atomic E-state index is 13.0. The number of carbonyl (C=O) groups is 1. The van der Waals surface area contributed by atoms with Crippen LogP contribution in [0.25, 0.3) is 0 Å². The molecule has 0 aliphatic carbocycles. The summed E-state index contributed by atoms with van der Waals surface area (Å²) in [5.74, 6) is -0.461. The molecule has 2 aromatic carbocycles. The van der Waals surface area contributed by atoms with Gasteiger partial charge in [-0.1, -0.05) is 74.5 Å². The van der Waals surface area contributed by atoms with Gasteiger partial charge in [0.25, 0.3) is 0 Å². The highest BCUT2D eigenvalue weighted by Crippen LogP contribution is 2.35. The Morgan fingerprint density at radius 1 is 0.893 bits per heavy atom. The second-order valence-corrected chi connectivity index (χ2v) is 7.55. The van der Waals surface area contributed by atoms with Crippen LogP contribution in [0.15, 0.2) is 60.7 Å². The molecule has 0 radical (unpaired) electrons. The molecule has 2 rings (SSSR count). The van der Waals surface area contributed by atoms with E-state index in [1.807, 2.05) is 50.2 Å². The third-order valence-corrected chi connectivity index (χ3v) is 5.31. The van der Waals surface area contributed by atoms with Crippen LogP contribution in [0.5, 0.6) is 0 Å². The van der Waals surface area contributed by atoms with Gasteiger partial charge >= 0.3 is 5.97 Å². The number of benzene rings is 2. The number of aliphatic hydroxyl groups is 1. The minimum Gasteiger partial charge on any atom is -0.465 e. The summed E-state index contributed by atoms with van der Waals surface area (Å²) < 4.78 is 5.39. The lowest BCUT2D eigenvalue weighted by Crippen LogP contribution is -2.53. The number of hydrogen-bond acceptors (Lipinski definition) is 4. The number of hydrogen-bond donors (Lipinski definition) is 1. The van der Waals surface area contributed by atoms with Crippen LogP contribution in [0.4, 0.5) is 0 Å². The van der Waals surface area contributed by atoms with Gasteiger partial charge in [-0.15, -0.1) is 0 Å². The first-order valence-corrected chi connectivity index (χ1v) is 10.1. The molecule has 0 fully saturated rings. The number of rotatable bonds is 9. The van der Waals surface area contributed by atoms with E-state index in [2.05, 4.69) is 43.0 Å². The van der Waals surface area contributed by atoms with Crippen LogP contribution < -0.4 is 0 Å². The molecule has 2 aromatic rings. The van der Waals surface area contributed by atoms with Crippen LogP contribution in [0.3, 0.4) is 0 Å². The van der Waals surface area contributed by atoms with E-state index in [1.54, 1.807) is 6.92 Å². The first-order chi connectivity index (χ1) is 13.4. The monoisotopic (exact) mass is 383 g/mol. The van der Waals surface area contributed by atoms with Gasteiger partial charge in [-0.05, 0) is 37.8 Å². The SMILES string of the molecule is CCOC(=O)[C@H]([C@@H](O)C(C)C)N([C@H](C)c1ccccc1)[C@H](C)c1ccccc1. The molecule has 0 amide bonds. The zero-order valence-electron chi connectivity index (χ0n) is 17.6. The predicted octanol–water partition coefficient (Wildman–Crippen LogP) is 4.76. The molecule has 4 nitrogen and oxygen atoms in total. The summed E-state index contributed by atoms with van der Waals surface area (Å²) in [6.07, 6.45) is -0.837. The van der Waals surface area contributed by atoms with Crippen molar-refractivity contribution in [2.45, 2.75) is 58.8 Å². The third kappa shape index (κ3) is 5.21. The molecule has 0 saturated heterocycles. The van der Waals surface area contributed by atoms with Crippen LogP contribution in [0, 0.1) is 5.92 Å². The van der Waals surface area contributed by atoms with Gasteiger partial charge in [-0.25, -0.2) is 0 Å². The summed E-state index contributed by atoms with van der Waals surface area (Å²) in [4.78, 5) is 15.1. The Kier molecular flexibility index (Phi) is 8.21. The van der Waals surface area contributed by atoms with Crippen molar-refractivity contribution in [2.75, 3.05) is 6.61 Å². The van der Waals surface area contributed by atoms with E-state index < -0.39 is 12.1 Å². The first-order valence-electron chi connectivity index (χ1n) is 10.1. The van der Waals surface area contributed by atoms with Crippen LogP contribution in [0.1, 0.15) is 57.8 Å². The fraction of sp³-hybridized carbons (Fsp3) is 0.458. The van der Waals surface area contributed by atoms with E-state index >= 15 is 0 Å². The number of aliphatic hydroxyl groups excluding tert-OH is 1.